The van der Waals surface area contributed by atoms with Crippen molar-refractivity contribution >= 4 is 41.2 Å². The van der Waals surface area contributed by atoms with Crippen LogP contribution in [-0.2, 0) is 17.8 Å². The molecule has 3 aromatic rings. The third kappa shape index (κ3) is 4.07. The van der Waals surface area contributed by atoms with Gasteiger partial charge in [0.2, 0.25) is 0 Å². The summed E-state index contributed by atoms with van der Waals surface area (Å²) < 4.78 is 6.30. The van der Waals surface area contributed by atoms with Gasteiger partial charge in [0.15, 0.2) is 0 Å². The van der Waals surface area contributed by atoms with E-state index in [2.05, 4.69) is 12.1 Å². The van der Waals surface area contributed by atoms with Crippen LogP contribution in [0.4, 0.5) is 0 Å². The summed E-state index contributed by atoms with van der Waals surface area (Å²) in [5, 5.41) is 1.07. The molecule has 4 rings (SSSR count). The number of hydrogen-bond acceptors (Lipinski definition) is 3. The summed E-state index contributed by atoms with van der Waals surface area (Å²) in [7, 11) is 0. The molecule has 0 radical (unpaired) electrons. The Bertz CT molecular complexity index is 1000. The van der Waals surface area contributed by atoms with Crippen LogP contribution >= 0.6 is 35.0 Å². The van der Waals surface area contributed by atoms with E-state index in [9.17, 15) is 4.79 Å². The number of halogens is 2. The Kier molecular flexibility index (Phi) is 5.55. The molecule has 5 heteroatoms. The molecule has 0 bridgehead atoms. The minimum Gasteiger partial charge on any atom is -0.368 e. The van der Waals surface area contributed by atoms with Gasteiger partial charge in [-0.05, 0) is 41.0 Å². The Hall–Kier alpha value is -1.78. The van der Waals surface area contributed by atoms with Crippen molar-refractivity contribution in [2.24, 2.45) is 0 Å². The first-order valence-electron chi connectivity index (χ1n) is 8.54. The van der Waals surface area contributed by atoms with Gasteiger partial charge in [-0.3, -0.25) is 4.79 Å². The molecule has 3 aromatic carbocycles. The first-order valence-corrected chi connectivity index (χ1v) is 10.1. The molecule has 0 saturated heterocycles. The van der Waals surface area contributed by atoms with E-state index in [0.717, 1.165) is 33.6 Å². The van der Waals surface area contributed by atoms with Crippen molar-refractivity contribution in [2.75, 3.05) is 0 Å². The highest BCUT2D eigenvalue weighted by Crippen LogP contribution is 2.42. The monoisotopic (exact) mass is 414 g/mol. The zero-order chi connectivity index (χ0) is 18.8. The lowest BCUT2D eigenvalue weighted by Crippen LogP contribution is -2.08. The summed E-state index contributed by atoms with van der Waals surface area (Å²) >= 11 is 13.8. The van der Waals surface area contributed by atoms with Gasteiger partial charge in [-0.15, -0.1) is 0 Å². The molecule has 0 aliphatic carbocycles. The number of carbonyl (C=O) groups excluding carboxylic acids is 1. The maximum atomic E-state index is 11.1. The minimum absolute atomic E-state index is 0.0773. The number of rotatable bonds is 4. The zero-order valence-corrected chi connectivity index (χ0v) is 16.7. The fourth-order valence-electron chi connectivity index (χ4n) is 3.15. The van der Waals surface area contributed by atoms with E-state index in [1.165, 1.54) is 5.56 Å². The van der Waals surface area contributed by atoms with E-state index in [1.807, 2.05) is 42.5 Å². The lowest BCUT2D eigenvalue weighted by molar-refractivity contribution is 0.0382. The molecule has 1 atom stereocenters. The third-order valence-electron chi connectivity index (χ3n) is 4.55. The SMILES string of the molecule is O=Cc1ccc2c(c1)Sc1ccccc1C(OCc1ccc(Cl)c(Cl)c1)C2. The number of ether oxygens (including phenoxy) is 1. The molecule has 1 aliphatic rings. The Balaban J connectivity index is 1.64. The number of benzene rings is 3. The van der Waals surface area contributed by atoms with Crippen molar-refractivity contribution in [1.29, 1.82) is 0 Å². The quantitative estimate of drug-likeness (QED) is 0.440. The fourth-order valence-corrected chi connectivity index (χ4v) is 4.65. The van der Waals surface area contributed by atoms with Gasteiger partial charge in [-0.25, -0.2) is 0 Å². The molecule has 2 nitrogen and oxygen atoms in total. The highest BCUT2D eigenvalue weighted by Gasteiger charge is 2.23. The molecule has 0 amide bonds. The molecular formula is C22H16Cl2O2S. The Morgan fingerprint density at radius 3 is 2.67 bits per heavy atom. The molecule has 0 spiro atoms. The predicted molar refractivity (Wildman–Crippen MR) is 110 cm³/mol. The second-order valence-electron chi connectivity index (χ2n) is 6.38. The Morgan fingerprint density at radius 2 is 1.85 bits per heavy atom. The van der Waals surface area contributed by atoms with Gasteiger partial charge in [0.05, 0.1) is 22.8 Å². The summed E-state index contributed by atoms with van der Waals surface area (Å²) in [5.41, 5.74) is 4.01. The van der Waals surface area contributed by atoms with E-state index < -0.39 is 0 Å². The van der Waals surface area contributed by atoms with Gasteiger partial charge < -0.3 is 4.74 Å². The van der Waals surface area contributed by atoms with Gasteiger partial charge in [-0.2, -0.15) is 0 Å². The summed E-state index contributed by atoms with van der Waals surface area (Å²) in [6, 6.07) is 19.6. The van der Waals surface area contributed by atoms with Gasteiger partial charge >= 0.3 is 0 Å². The summed E-state index contributed by atoms with van der Waals surface area (Å²) in [6.07, 6.45) is 1.56. The smallest absolute Gasteiger partial charge is 0.150 e. The number of carbonyl (C=O) groups is 1. The number of aldehydes is 1. The summed E-state index contributed by atoms with van der Waals surface area (Å²) in [5.74, 6) is 0. The zero-order valence-electron chi connectivity index (χ0n) is 14.3. The molecule has 0 N–H and O–H groups in total. The van der Waals surface area contributed by atoms with E-state index >= 15 is 0 Å². The maximum Gasteiger partial charge on any atom is 0.150 e. The van der Waals surface area contributed by atoms with Crippen LogP contribution in [0.5, 0.6) is 0 Å². The first kappa shape index (κ1) is 18.6. The molecule has 1 unspecified atom stereocenters. The Labute approximate surface area is 172 Å². The highest BCUT2D eigenvalue weighted by molar-refractivity contribution is 7.99. The topological polar surface area (TPSA) is 26.3 Å². The number of hydrogen-bond donors (Lipinski definition) is 0. The largest absolute Gasteiger partial charge is 0.368 e. The minimum atomic E-state index is -0.0773. The molecule has 0 fully saturated rings. The molecule has 1 heterocycles. The van der Waals surface area contributed by atoms with Gasteiger partial charge in [0.1, 0.15) is 6.29 Å². The normalized spacial score (nSPS) is 15.6. The van der Waals surface area contributed by atoms with Gasteiger partial charge in [0, 0.05) is 21.8 Å². The molecule has 27 heavy (non-hydrogen) atoms. The van der Waals surface area contributed by atoms with E-state index in [1.54, 1.807) is 17.8 Å². The molecule has 0 saturated carbocycles. The van der Waals surface area contributed by atoms with Crippen LogP contribution in [0.1, 0.15) is 33.2 Å². The van der Waals surface area contributed by atoms with Crippen molar-refractivity contribution < 1.29 is 9.53 Å². The predicted octanol–water partition coefficient (Wildman–Crippen LogP) is 6.77. The van der Waals surface area contributed by atoms with Crippen LogP contribution in [0.3, 0.4) is 0 Å². The lowest BCUT2D eigenvalue weighted by Gasteiger charge is -2.19. The molecule has 136 valence electrons. The maximum absolute atomic E-state index is 11.1. The standard InChI is InChI=1S/C22H16Cl2O2S/c23-18-8-6-15(9-19(18)24)13-26-20-11-16-7-5-14(12-25)10-22(16)27-21-4-2-1-3-17(20)21/h1-10,12,20H,11,13H2. The van der Waals surface area contributed by atoms with Crippen molar-refractivity contribution in [3.8, 4) is 0 Å². The van der Waals surface area contributed by atoms with E-state index in [-0.39, 0.29) is 6.10 Å². The van der Waals surface area contributed by atoms with Crippen LogP contribution in [0.15, 0.2) is 70.5 Å². The lowest BCUT2D eigenvalue weighted by atomic mass is 10.0. The fraction of sp³-hybridized carbons (Fsp3) is 0.136. The van der Waals surface area contributed by atoms with Crippen LogP contribution < -0.4 is 0 Å². The van der Waals surface area contributed by atoms with Crippen LogP contribution in [0.25, 0.3) is 0 Å². The number of fused-ring (bicyclic) bond motifs is 2. The van der Waals surface area contributed by atoms with Crippen molar-refractivity contribution in [3.63, 3.8) is 0 Å². The van der Waals surface area contributed by atoms with Crippen molar-refractivity contribution in [2.45, 2.75) is 28.9 Å². The summed E-state index contributed by atoms with van der Waals surface area (Å²) in [6.45, 7) is 0.447. The van der Waals surface area contributed by atoms with Crippen LogP contribution in [0.2, 0.25) is 10.0 Å². The van der Waals surface area contributed by atoms with Crippen LogP contribution in [0, 0.1) is 0 Å². The third-order valence-corrected chi connectivity index (χ3v) is 6.48. The molecule has 0 aromatic heterocycles. The van der Waals surface area contributed by atoms with E-state index in [0.29, 0.717) is 22.2 Å². The summed E-state index contributed by atoms with van der Waals surface area (Å²) in [4.78, 5) is 13.4. The van der Waals surface area contributed by atoms with Crippen molar-refractivity contribution in [3.05, 3.63) is 93.0 Å². The first-order chi connectivity index (χ1) is 13.1. The average molecular weight is 415 g/mol. The second kappa shape index (κ2) is 8.07. The molecular weight excluding hydrogens is 399 g/mol. The van der Waals surface area contributed by atoms with Gasteiger partial charge in [-0.1, -0.05) is 71.4 Å². The Morgan fingerprint density at radius 1 is 1.00 bits per heavy atom. The highest BCUT2D eigenvalue weighted by atomic mass is 35.5. The average Bonchev–Trinajstić information content (AvgIpc) is 2.84. The molecule has 1 aliphatic heterocycles. The second-order valence-corrected chi connectivity index (χ2v) is 8.28. The van der Waals surface area contributed by atoms with E-state index in [4.69, 9.17) is 27.9 Å². The van der Waals surface area contributed by atoms with Crippen LogP contribution in [-0.4, -0.2) is 6.29 Å². The van der Waals surface area contributed by atoms with Crippen molar-refractivity contribution in [1.82, 2.24) is 0 Å². The van der Waals surface area contributed by atoms with Gasteiger partial charge in [0.25, 0.3) is 0 Å².